The lowest BCUT2D eigenvalue weighted by Crippen LogP contribution is -2.47. The number of aromatic amines is 1. The Bertz CT molecular complexity index is 1070. The number of para-hydroxylation sites is 1. The van der Waals surface area contributed by atoms with Crippen LogP contribution in [0.15, 0.2) is 54.7 Å². The number of likely N-dealkylation sites (tertiary alicyclic amines) is 1. The van der Waals surface area contributed by atoms with Gasteiger partial charge in [0.25, 0.3) is 0 Å². The normalized spacial score (nSPS) is 19.1. The van der Waals surface area contributed by atoms with Gasteiger partial charge in [0.1, 0.15) is 0 Å². The van der Waals surface area contributed by atoms with Crippen LogP contribution in [0.25, 0.3) is 10.9 Å². The van der Waals surface area contributed by atoms with Crippen LogP contribution in [0.4, 0.5) is 0 Å². The average molecular weight is 446 g/mol. The molecule has 2 aromatic carbocycles. The van der Waals surface area contributed by atoms with Gasteiger partial charge in [-0.2, -0.15) is 0 Å². The number of hydrogen-bond acceptors (Lipinski definition) is 3. The highest BCUT2D eigenvalue weighted by Gasteiger charge is 2.31. The Balaban J connectivity index is 1.23. The van der Waals surface area contributed by atoms with Crippen molar-refractivity contribution in [2.45, 2.75) is 38.1 Å². The number of H-pyrrole nitrogens is 1. The smallest absolute Gasteiger partial charge is 0.227 e. The van der Waals surface area contributed by atoms with Crippen molar-refractivity contribution in [3.8, 4) is 0 Å². The van der Waals surface area contributed by atoms with Gasteiger partial charge in [0.2, 0.25) is 5.91 Å². The molecule has 3 aromatic rings. The predicted octanol–water partition coefficient (Wildman–Crippen LogP) is 4.06. The molecular formula is C28H35N3O2. The quantitative estimate of drug-likeness (QED) is 0.569. The second-order valence-corrected chi connectivity index (χ2v) is 9.70. The maximum Gasteiger partial charge on any atom is 0.227 e. The second-order valence-electron chi connectivity index (χ2n) is 9.70. The molecule has 0 radical (unpaired) electrons. The number of nitrogens with zero attached hydrogens (tertiary/aromatic N) is 2. The molecule has 1 amide bonds. The van der Waals surface area contributed by atoms with Crippen LogP contribution in [0.2, 0.25) is 0 Å². The largest absolute Gasteiger partial charge is 0.383 e. The first-order valence-electron chi connectivity index (χ1n) is 12.3. The molecule has 174 valence electrons. The topological polar surface area (TPSA) is 48.6 Å². The van der Waals surface area contributed by atoms with Gasteiger partial charge in [0.15, 0.2) is 0 Å². The number of carbonyl (C=O) groups is 1. The molecule has 2 heterocycles. The Morgan fingerprint density at radius 2 is 1.88 bits per heavy atom. The average Bonchev–Trinajstić information content (AvgIpc) is 3.46. The van der Waals surface area contributed by atoms with Crippen LogP contribution < -0.4 is 0 Å². The zero-order valence-corrected chi connectivity index (χ0v) is 19.6. The summed E-state index contributed by atoms with van der Waals surface area (Å²) in [6.07, 6.45) is 7.15. The van der Waals surface area contributed by atoms with Crippen molar-refractivity contribution in [3.63, 3.8) is 0 Å². The Morgan fingerprint density at radius 3 is 2.67 bits per heavy atom. The number of fused-ring (bicyclic) bond motifs is 2. The molecule has 1 fully saturated rings. The van der Waals surface area contributed by atoms with E-state index in [9.17, 15) is 4.79 Å². The van der Waals surface area contributed by atoms with Crippen molar-refractivity contribution in [1.29, 1.82) is 0 Å². The Kier molecular flexibility index (Phi) is 6.79. The minimum atomic E-state index is 0.196. The van der Waals surface area contributed by atoms with Gasteiger partial charge in [-0.1, -0.05) is 42.5 Å². The van der Waals surface area contributed by atoms with E-state index in [1.807, 2.05) is 23.2 Å². The van der Waals surface area contributed by atoms with Crippen molar-refractivity contribution >= 4 is 16.8 Å². The van der Waals surface area contributed by atoms with Crippen LogP contribution in [0.3, 0.4) is 0 Å². The summed E-state index contributed by atoms with van der Waals surface area (Å²) in [7, 11) is 1.71. The van der Waals surface area contributed by atoms with Crippen molar-refractivity contribution in [3.05, 3.63) is 71.4 Å². The number of methoxy groups -OCH3 is 1. The van der Waals surface area contributed by atoms with Gasteiger partial charge in [-0.3, -0.25) is 9.69 Å². The number of hydrogen-bond donors (Lipinski definition) is 1. The fourth-order valence-electron chi connectivity index (χ4n) is 5.76. The van der Waals surface area contributed by atoms with E-state index in [0.29, 0.717) is 31.5 Å². The first-order valence-corrected chi connectivity index (χ1v) is 12.3. The van der Waals surface area contributed by atoms with E-state index in [0.717, 1.165) is 42.4 Å². The Labute approximate surface area is 196 Å². The molecule has 5 rings (SSSR count). The van der Waals surface area contributed by atoms with Crippen LogP contribution in [0.1, 0.15) is 29.5 Å². The summed E-state index contributed by atoms with van der Waals surface area (Å²) in [6.45, 7) is 4.32. The van der Waals surface area contributed by atoms with E-state index < -0.39 is 0 Å². The SMILES string of the molecule is COCCN(C[C@@H]1CCCN(C2Cc3ccccc3C2)C1)C(=O)Cc1c[nH]c2ccccc12. The minimum Gasteiger partial charge on any atom is -0.383 e. The highest BCUT2D eigenvalue weighted by atomic mass is 16.5. The van der Waals surface area contributed by atoms with Crippen LogP contribution in [-0.2, 0) is 28.8 Å². The molecule has 1 N–H and O–H groups in total. The highest BCUT2D eigenvalue weighted by molar-refractivity contribution is 5.88. The maximum atomic E-state index is 13.4. The summed E-state index contributed by atoms with van der Waals surface area (Å²) in [5, 5.41) is 1.14. The third-order valence-electron chi connectivity index (χ3n) is 7.51. The molecule has 1 aromatic heterocycles. The fourth-order valence-corrected chi connectivity index (χ4v) is 5.76. The van der Waals surface area contributed by atoms with Crippen LogP contribution in [-0.4, -0.2) is 66.6 Å². The standard InChI is InChI=1S/C28H35N3O2/c1-33-14-13-31(28(32)17-24-18-29-27-11-5-4-10-26(24)27)20-21-7-6-12-30(19-21)25-15-22-8-2-3-9-23(22)16-25/h2-5,8-11,18,21,25,29H,6-7,12-17,19-20H2,1H3/t21-/m1/s1. The van der Waals surface area contributed by atoms with E-state index >= 15 is 0 Å². The van der Waals surface area contributed by atoms with Gasteiger partial charge in [0.05, 0.1) is 13.0 Å². The Morgan fingerprint density at radius 1 is 1.12 bits per heavy atom. The molecule has 1 atom stereocenters. The first kappa shape index (κ1) is 22.2. The van der Waals surface area contributed by atoms with Crippen molar-refractivity contribution in [2.24, 2.45) is 5.92 Å². The zero-order chi connectivity index (χ0) is 22.6. The van der Waals surface area contributed by atoms with Gasteiger partial charge in [-0.15, -0.1) is 0 Å². The van der Waals surface area contributed by atoms with Crippen LogP contribution >= 0.6 is 0 Å². The number of benzene rings is 2. The number of piperidine rings is 1. The van der Waals surface area contributed by atoms with E-state index in [2.05, 4.69) is 46.3 Å². The fraction of sp³-hybridized carbons (Fsp3) is 0.464. The summed E-state index contributed by atoms with van der Waals surface area (Å²) in [5.74, 6) is 0.716. The lowest BCUT2D eigenvalue weighted by Gasteiger charge is -2.38. The van der Waals surface area contributed by atoms with Gasteiger partial charge in [-0.05, 0) is 60.9 Å². The molecule has 0 bridgehead atoms. The van der Waals surface area contributed by atoms with Crippen LogP contribution in [0, 0.1) is 5.92 Å². The summed E-state index contributed by atoms with van der Waals surface area (Å²) >= 11 is 0. The summed E-state index contributed by atoms with van der Waals surface area (Å²) in [6, 6.07) is 17.7. The lowest BCUT2D eigenvalue weighted by atomic mass is 9.95. The number of nitrogens with one attached hydrogen (secondary N) is 1. The molecule has 33 heavy (non-hydrogen) atoms. The van der Waals surface area contributed by atoms with E-state index in [4.69, 9.17) is 4.74 Å². The number of aromatic nitrogens is 1. The van der Waals surface area contributed by atoms with Gasteiger partial charge in [0, 0.05) is 49.9 Å². The third kappa shape index (κ3) is 4.99. The molecule has 5 heteroatoms. The summed E-state index contributed by atoms with van der Waals surface area (Å²) in [5.41, 5.74) is 5.19. The van der Waals surface area contributed by atoms with Crippen molar-refractivity contribution in [2.75, 3.05) is 39.9 Å². The number of rotatable bonds is 8. The predicted molar refractivity (Wildman–Crippen MR) is 132 cm³/mol. The third-order valence-corrected chi connectivity index (χ3v) is 7.51. The van der Waals surface area contributed by atoms with Crippen LogP contribution in [0.5, 0.6) is 0 Å². The van der Waals surface area contributed by atoms with Crippen molar-refractivity contribution in [1.82, 2.24) is 14.8 Å². The van der Waals surface area contributed by atoms with Crippen molar-refractivity contribution < 1.29 is 9.53 Å². The number of amides is 1. The molecule has 0 unspecified atom stereocenters. The Hall–Kier alpha value is -2.63. The molecular weight excluding hydrogens is 410 g/mol. The first-order chi connectivity index (χ1) is 16.2. The molecule has 1 aliphatic heterocycles. The molecule has 1 aliphatic carbocycles. The molecule has 1 saturated heterocycles. The summed E-state index contributed by atoms with van der Waals surface area (Å²) < 4.78 is 5.34. The summed E-state index contributed by atoms with van der Waals surface area (Å²) in [4.78, 5) is 21.4. The monoisotopic (exact) mass is 445 g/mol. The minimum absolute atomic E-state index is 0.196. The van der Waals surface area contributed by atoms with Gasteiger partial charge in [-0.25, -0.2) is 0 Å². The number of carbonyl (C=O) groups excluding carboxylic acids is 1. The van der Waals surface area contributed by atoms with Gasteiger partial charge >= 0.3 is 0 Å². The highest BCUT2D eigenvalue weighted by Crippen LogP contribution is 2.29. The zero-order valence-electron chi connectivity index (χ0n) is 19.6. The number of ether oxygens (including phenoxy) is 1. The van der Waals surface area contributed by atoms with E-state index in [1.165, 1.54) is 30.5 Å². The van der Waals surface area contributed by atoms with Gasteiger partial charge < -0.3 is 14.6 Å². The lowest BCUT2D eigenvalue weighted by molar-refractivity contribution is -0.132. The maximum absolute atomic E-state index is 13.4. The van der Waals surface area contributed by atoms with E-state index in [-0.39, 0.29) is 5.91 Å². The molecule has 2 aliphatic rings. The molecule has 0 spiro atoms. The molecule has 5 nitrogen and oxygen atoms in total. The second kappa shape index (κ2) is 10.1. The van der Waals surface area contributed by atoms with E-state index in [1.54, 1.807) is 7.11 Å². The molecule has 0 saturated carbocycles.